The predicted octanol–water partition coefficient (Wildman–Crippen LogP) is 6.13. The Kier molecular flexibility index (Phi) is 7.26. The first kappa shape index (κ1) is 26.7. The van der Waals surface area contributed by atoms with Crippen LogP contribution in [-0.2, 0) is 4.74 Å². The van der Waals surface area contributed by atoms with E-state index in [9.17, 15) is 0 Å². The zero-order valence-corrected chi connectivity index (χ0v) is 23.7. The molecule has 2 aliphatic rings. The fraction of sp³-hybridized carbons (Fsp3) is 0.188. The molecule has 9 heteroatoms. The fourth-order valence-corrected chi connectivity index (χ4v) is 5.40. The van der Waals surface area contributed by atoms with Crippen LogP contribution < -0.4 is 15.2 Å². The van der Waals surface area contributed by atoms with E-state index < -0.39 is 0 Å². The Morgan fingerprint density at radius 2 is 1.59 bits per heavy atom. The molecular formula is C32H29ClN4O4. The van der Waals surface area contributed by atoms with Crippen LogP contribution in [0.4, 0.5) is 0 Å². The maximum absolute atomic E-state index is 6.69. The van der Waals surface area contributed by atoms with Gasteiger partial charge in [-0.3, -0.25) is 4.90 Å². The molecular weight excluding hydrogens is 540 g/mol. The van der Waals surface area contributed by atoms with Gasteiger partial charge in [0.05, 0.1) is 19.8 Å². The average Bonchev–Trinajstić information content (AvgIpc) is 3.47. The minimum atomic E-state index is -0.287. The number of methoxy groups -OCH3 is 2. The minimum Gasteiger partial charge on any atom is -0.497 e. The van der Waals surface area contributed by atoms with Gasteiger partial charge in [-0.2, -0.15) is 4.98 Å². The van der Waals surface area contributed by atoms with Gasteiger partial charge in [-0.05, 0) is 78.4 Å². The predicted molar refractivity (Wildman–Crippen MR) is 158 cm³/mol. The number of hydrogen-bond donors (Lipinski definition) is 1. The summed E-state index contributed by atoms with van der Waals surface area (Å²) in [6.07, 6.45) is 2.12. The van der Waals surface area contributed by atoms with Crippen molar-refractivity contribution >= 4 is 23.3 Å². The molecule has 0 radical (unpaired) electrons. The first-order valence-corrected chi connectivity index (χ1v) is 13.5. The van der Waals surface area contributed by atoms with Gasteiger partial charge in [0.2, 0.25) is 11.7 Å². The Hall–Kier alpha value is -4.53. The van der Waals surface area contributed by atoms with Crippen LogP contribution in [0.3, 0.4) is 0 Å². The second-order valence-corrected chi connectivity index (χ2v) is 10.4. The zero-order chi connectivity index (χ0) is 28.5. The summed E-state index contributed by atoms with van der Waals surface area (Å²) in [4.78, 5) is 6.98. The fourth-order valence-electron chi connectivity index (χ4n) is 5.28. The first-order chi connectivity index (χ1) is 19.9. The molecule has 0 saturated carbocycles. The van der Waals surface area contributed by atoms with E-state index in [4.69, 9.17) is 41.1 Å². The molecule has 0 saturated heterocycles. The largest absolute Gasteiger partial charge is 0.497 e. The van der Waals surface area contributed by atoms with Crippen LogP contribution in [0.15, 0.2) is 100 Å². The summed E-state index contributed by atoms with van der Waals surface area (Å²) >= 11 is 6.07. The number of allylic oxidation sites excluding steroid dienone is 1. The van der Waals surface area contributed by atoms with Gasteiger partial charge in [-0.1, -0.05) is 41.0 Å². The molecule has 1 atom stereocenters. The lowest BCUT2D eigenvalue weighted by atomic mass is 9.79. The highest BCUT2D eigenvalue weighted by atomic mass is 35.5. The van der Waals surface area contributed by atoms with Crippen LogP contribution in [0.2, 0.25) is 5.02 Å². The van der Waals surface area contributed by atoms with Crippen molar-refractivity contribution in [2.75, 3.05) is 34.4 Å². The van der Waals surface area contributed by atoms with Crippen molar-refractivity contribution < 1.29 is 18.7 Å². The Labute approximate surface area is 243 Å². The van der Waals surface area contributed by atoms with Crippen LogP contribution >= 0.6 is 11.6 Å². The third kappa shape index (κ3) is 5.31. The van der Waals surface area contributed by atoms with Crippen molar-refractivity contribution in [2.45, 2.75) is 5.92 Å². The third-order valence-corrected chi connectivity index (χ3v) is 7.50. The van der Waals surface area contributed by atoms with Crippen LogP contribution in [0.1, 0.15) is 22.9 Å². The number of halogens is 1. The van der Waals surface area contributed by atoms with Crippen LogP contribution in [0.25, 0.3) is 23.0 Å². The van der Waals surface area contributed by atoms with Crippen molar-refractivity contribution in [3.63, 3.8) is 0 Å². The van der Waals surface area contributed by atoms with Crippen LogP contribution in [0.5, 0.6) is 11.5 Å². The molecule has 1 unspecified atom stereocenters. The summed E-state index contributed by atoms with van der Waals surface area (Å²) < 4.78 is 23.0. The molecule has 0 bridgehead atoms. The maximum Gasteiger partial charge on any atom is 0.260 e. The van der Waals surface area contributed by atoms with E-state index in [1.165, 1.54) is 0 Å². The SMILES string of the molecule is COc1ccc(/C=C2\CN(C)CC3=C2OC(N)=C(c2nc(-c4ccc(Cl)cc4)no2)C3c2ccc(OC)cc2)cc1. The summed E-state index contributed by atoms with van der Waals surface area (Å²) in [6, 6.07) is 23.1. The molecule has 3 heterocycles. The molecule has 208 valence electrons. The highest BCUT2D eigenvalue weighted by Gasteiger charge is 2.39. The maximum atomic E-state index is 6.69. The van der Waals surface area contributed by atoms with E-state index in [-0.39, 0.29) is 11.8 Å². The van der Waals surface area contributed by atoms with E-state index >= 15 is 0 Å². The molecule has 2 N–H and O–H groups in total. The highest BCUT2D eigenvalue weighted by molar-refractivity contribution is 6.30. The van der Waals surface area contributed by atoms with Gasteiger partial charge in [0, 0.05) is 35.2 Å². The number of aromatic nitrogens is 2. The quantitative estimate of drug-likeness (QED) is 0.297. The van der Waals surface area contributed by atoms with E-state index in [1.54, 1.807) is 26.4 Å². The molecule has 3 aromatic carbocycles. The Morgan fingerprint density at radius 1 is 0.927 bits per heavy atom. The molecule has 4 aromatic rings. The van der Waals surface area contributed by atoms with Crippen molar-refractivity contribution in [3.8, 4) is 22.9 Å². The second kappa shape index (κ2) is 11.2. The molecule has 2 aliphatic heterocycles. The molecule has 0 aliphatic carbocycles. The first-order valence-electron chi connectivity index (χ1n) is 13.1. The van der Waals surface area contributed by atoms with Gasteiger partial charge in [-0.15, -0.1) is 0 Å². The van der Waals surface area contributed by atoms with Gasteiger partial charge in [0.1, 0.15) is 17.3 Å². The van der Waals surface area contributed by atoms with Gasteiger partial charge in [0.15, 0.2) is 0 Å². The minimum absolute atomic E-state index is 0.223. The monoisotopic (exact) mass is 568 g/mol. The Balaban J connectivity index is 1.47. The van der Waals surface area contributed by atoms with Crippen molar-refractivity contribution in [1.82, 2.24) is 15.0 Å². The molecule has 0 spiro atoms. The second-order valence-electron chi connectivity index (χ2n) is 9.99. The molecule has 1 aromatic heterocycles. The van der Waals surface area contributed by atoms with E-state index in [2.05, 4.69) is 23.2 Å². The number of hydrogen-bond acceptors (Lipinski definition) is 8. The summed E-state index contributed by atoms with van der Waals surface area (Å²) in [5.74, 6) is 3.00. The molecule has 0 amide bonds. The number of nitrogens with zero attached hydrogens (tertiary/aromatic N) is 3. The van der Waals surface area contributed by atoms with Gasteiger partial charge in [-0.25, -0.2) is 0 Å². The van der Waals surface area contributed by atoms with Gasteiger partial charge >= 0.3 is 0 Å². The van der Waals surface area contributed by atoms with E-state index in [0.717, 1.165) is 45.1 Å². The lowest BCUT2D eigenvalue weighted by Crippen LogP contribution is -2.35. The molecule has 41 heavy (non-hydrogen) atoms. The van der Waals surface area contributed by atoms with Crippen LogP contribution in [-0.4, -0.2) is 49.4 Å². The number of benzene rings is 3. The van der Waals surface area contributed by atoms with E-state index in [0.29, 0.717) is 35.4 Å². The zero-order valence-electron chi connectivity index (χ0n) is 22.9. The summed E-state index contributed by atoms with van der Waals surface area (Å²) in [7, 11) is 5.39. The highest BCUT2D eigenvalue weighted by Crippen LogP contribution is 2.47. The summed E-state index contributed by atoms with van der Waals surface area (Å²) in [5.41, 5.74) is 12.2. The lowest BCUT2D eigenvalue weighted by Gasteiger charge is -2.37. The number of ether oxygens (including phenoxy) is 3. The van der Waals surface area contributed by atoms with Crippen LogP contribution in [0, 0.1) is 0 Å². The average molecular weight is 569 g/mol. The number of rotatable bonds is 6. The summed E-state index contributed by atoms with van der Waals surface area (Å²) in [6.45, 7) is 1.37. The molecule has 8 nitrogen and oxygen atoms in total. The smallest absolute Gasteiger partial charge is 0.260 e. The third-order valence-electron chi connectivity index (χ3n) is 7.24. The Morgan fingerprint density at radius 3 is 2.24 bits per heavy atom. The van der Waals surface area contributed by atoms with E-state index in [1.807, 2.05) is 60.7 Å². The van der Waals surface area contributed by atoms with Crippen molar-refractivity contribution in [2.24, 2.45) is 5.73 Å². The van der Waals surface area contributed by atoms with Crippen molar-refractivity contribution in [1.29, 1.82) is 0 Å². The normalized spacial score (nSPS) is 18.3. The Bertz CT molecular complexity index is 1660. The van der Waals surface area contributed by atoms with Crippen molar-refractivity contribution in [3.05, 3.63) is 118 Å². The number of likely N-dealkylation sites (N-methyl/N-ethyl adjacent to an activating group) is 1. The van der Waals surface area contributed by atoms with Gasteiger partial charge in [0.25, 0.3) is 5.89 Å². The molecule has 6 rings (SSSR count). The number of nitrogens with two attached hydrogens (primary N) is 1. The molecule has 0 fully saturated rings. The summed E-state index contributed by atoms with van der Waals surface area (Å²) in [5, 5.41) is 4.87. The lowest BCUT2D eigenvalue weighted by molar-refractivity contribution is 0.256. The topological polar surface area (TPSA) is 95.9 Å². The van der Waals surface area contributed by atoms with Gasteiger partial charge < -0.3 is 24.5 Å². The standard InChI is InChI=1S/C32H29ClN4O4/c1-37-17-22(16-19-4-12-24(38-2)13-5-19)29-26(18-37)27(20-8-14-25(39-3)15-9-20)28(30(34)40-29)32-35-31(36-41-32)21-6-10-23(33)11-7-21/h4-16,27H,17-18,34H2,1-3H3/b22-16+.